The fraction of sp³-hybridized carbons (Fsp3) is 0.143. The highest BCUT2D eigenvalue weighted by molar-refractivity contribution is 9.13. The summed E-state index contributed by atoms with van der Waals surface area (Å²) in [6, 6.07) is 33.6. The number of nitrogens with zero attached hydrogens (tertiary/aromatic N) is 1. The number of ether oxygens (including phenoxy) is 1. The van der Waals surface area contributed by atoms with Crippen molar-refractivity contribution in [3.05, 3.63) is 147 Å². The Morgan fingerprint density at radius 1 is 0.769 bits per heavy atom. The number of para-hydroxylation sites is 2. The third-order valence-electron chi connectivity index (χ3n) is 7.65. The molecule has 0 spiro atoms. The van der Waals surface area contributed by atoms with Gasteiger partial charge in [-0.25, -0.2) is 0 Å². The Bertz CT molecular complexity index is 1590. The van der Waals surface area contributed by atoms with E-state index in [0.717, 1.165) is 37.5 Å². The van der Waals surface area contributed by atoms with Crippen LogP contribution in [0.3, 0.4) is 0 Å². The van der Waals surface area contributed by atoms with Crippen molar-refractivity contribution in [2.45, 2.75) is 26.2 Å². The molecule has 4 aromatic carbocycles. The van der Waals surface area contributed by atoms with Gasteiger partial charge in [-0.3, -0.25) is 0 Å². The molecule has 0 N–H and O–H groups in total. The Morgan fingerprint density at radius 2 is 1.44 bits per heavy atom. The molecule has 2 aliphatic carbocycles. The first-order chi connectivity index (χ1) is 18.8. The monoisotopic (exact) mass is 637 g/mol. The van der Waals surface area contributed by atoms with Crippen LogP contribution in [0.4, 0.5) is 11.4 Å². The average molecular weight is 639 g/mol. The Labute approximate surface area is 247 Å². The van der Waals surface area contributed by atoms with Crippen LogP contribution in [-0.4, -0.2) is 0 Å². The van der Waals surface area contributed by atoms with E-state index in [-0.39, 0.29) is 11.3 Å². The summed E-state index contributed by atoms with van der Waals surface area (Å²) in [6.45, 7) is 7.00. The van der Waals surface area contributed by atoms with Crippen molar-refractivity contribution < 1.29 is 4.74 Å². The first-order valence-corrected chi connectivity index (χ1v) is 14.7. The molecule has 1 atom stereocenters. The van der Waals surface area contributed by atoms with Gasteiger partial charge in [0, 0.05) is 27.0 Å². The van der Waals surface area contributed by atoms with Gasteiger partial charge in [0.2, 0.25) is 0 Å². The molecule has 0 radical (unpaired) electrons. The zero-order valence-corrected chi connectivity index (χ0v) is 25.3. The molecule has 39 heavy (non-hydrogen) atoms. The van der Waals surface area contributed by atoms with Gasteiger partial charge in [0.05, 0.1) is 4.47 Å². The van der Waals surface area contributed by atoms with Crippen molar-refractivity contribution in [1.82, 2.24) is 0 Å². The topological polar surface area (TPSA) is 12.5 Å². The van der Waals surface area contributed by atoms with Crippen LogP contribution in [0.5, 0.6) is 11.5 Å². The summed E-state index contributed by atoms with van der Waals surface area (Å²) in [4.78, 5) is 2.34. The maximum absolute atomic E-state index is 6.35. The summed E-state index contributed by atoms with van der Waals surface area (Å²) in [7, 11) is 0. The fourth-order valence-corrected chi connectivity index (χ4v) is 6.67. The predicted molar refractivity (Wildman–Crippen MR) is 170 cm³/mol. The van der Waals surface area contributed by atoms with E-state index in [1.807, 2.05) is 18.2 Å². The lowest BCUT2D eigenvalue weighted by Gasteiger charge is -2.30. The van der Waals surface area contributed by atoms with Crippen LogP contribution in [0, 0.1) is 5.92 Å². The first kappa shape index (κ1) is 25.9. The Hall–Kier alpha value is -3.34. The second kappa shape index (κ2) is 10.3. The van der Waals surface area contributed by atoms with Crippen LogP contribution in [0.25, 0.3) is 5.57 Å². The third kappa shape index (κ3) is 4.70. The highest BCUT2D eigenvalue weighted by Gasteiger charge is 2.40. The molecule has 0 saturated heterocycles. The Balaban J connectivity index is 1.42. The minimum Gasteiger partial charge on any atom is -0.456 e. The average Bonchev–Trinajstić information content (AvgIpc) is 3.03. The molecule has 0 heterocycles. The molecule has 0 fully saturated rings. The van der Waals surface area contributed by atoms with Crippen molar-refractivity contribution in [3.63, 3.8) is 0 Å². The SMILES string of the molecule is CC1C=C(N(c2ccccc2)c2ccccc2)C=CC2=C1C(C)(C)c1ccc(Oc3cccc(Br)c3Br)cc12. The van der Waals surface area contributed by atoms with E-state index in [0.29, 0.717) is 0 Å². The van der Waals surface area contributed by atoms with Crippen LogP contribution in [0.2, 0.25) is 0 Å². The van der Waals surface area contributed by atoms with E-state index in [1.54, 1.807) is 0 Å². The smallest absolute Gasteiger partial charge is 0.142 e. The largest absolute Gasteiger partial charge is 0.456 e. The summed E-state index contributed by atoms with van der Waals surface area (Å²) < 4.78 is 8.22. The van der Waals surface area contributed by atoms with Gasteiger partial charge >= 0.3 is 0 Å². The lowest BCUT2D eigenvalue weighted by atomic mass is 9.76. The lowest BCUT2D eigenvalue weighted by molar-refractivity contribution is 0.478. The zero-order valence-electron chi connectivity index (χ0n) is 22.2. The highest BCUT2D eigenvalue weighted by atomic mass is 79.9. The highest BCUT2D eigenvalue weighted by Crippen LogP contribution is 2.52. The molecular weight excluding hydrogens is 610 g/mol. The quantitative estimate of drug-likeness (QED) is 0.216. The minimum atomic E-state index is -0.0976. The van der Waals surface area contributed by atoms with E-state index >= 15 is 0 Å². The molecular formula is C35H29Br2NO. The van der Waals surface area contributed by atoms with E-state index < -0.39 is 0 Å². The van der Waals surface area contributed by atoms with Gasteiger partial charge in [0.25, 0.3) is 0 Å². The van der Waals surface area contributed by atoms with Crippen molar-refractivity contribution >= 4 is 48.8 Å². The van der Waals surface area contributed by atoms with Gasteiger partial charge in [0.1, 0.15) is 11.5 Å². The van der Waals surface area contributed by atoms with Crippen LogP contribution in [0.15, 0.2) is 136 Å². The second-order valence-electron chi connectivity index (χ2n) is 10.5. The molecule has 4 heteroatoms. The van der Waals surface area contributed by atoms with Crippen molar-refractivity contribution in [2.75, 3.05) is 4.90 Å². The summed E-state index contributed by atoms with van der Waals surface area (Å²) in [6.07, 6.45) is 6.97. The molecule has 0 amide bonds. The standard InChI is InChI=1S/C35H29Br2NO/c1-23-21-26(38(24-11-6-4-7-12-24)25-13-8-5-9-14-25)17-19-28-29-22-27(18-20-30(29)35(2,3)33(23)28)39-32-16-10-15-31(36)34(32)37/h4-23H,1-3H3. The summed E-state index contributed by atoms with van der Waals surface area (Å²) in [5, 5.41) is 0. The molecule has 1 unspecified atom stereocenters. The van der Waals surface area contributed by atoms with Gasteiger partial charge in [-0.15, -0.1) is 0 Å². The van der Waals surface area contributed by atoms with Crippen LogP contribution < -0.4 is 9.64 Å². The van der Waals surface area contributed by atoms with E-state index in [2.05, 4.69) is 155 Å². The maximum Gasteiger partial charge on any atom is 0.142 e. The summed E-state index contributed by atoms with van der Waals surface area (Å²) in [5.74, 6) is 1.85. The Kier molecular flexibility index (Phi) is 6.86. The van der Waals surface area contributed by atoms with Gasteiger partial charge in [-0.2, -0.15) is 0 Å². The molecule has 2 nitrogen and oxygen atoms in total. The fourth-order valence-electron chi connectivity index (χ4n) is 5.98. The molecule has 0 bridgehead atoms. The molecule has 0 aliphatic heterocycles. The van der Waals surface area contributed by atoms with E-state index in [4.69, 9.17) is 4.74 Å². The van der Waals surface area contributed by atoms with E-state index in [1.165, 1.54) is 22.3 Å². The van der Waals surface area contributed by atoms with Crippen molar-refractivity contribution in [3.8, 4) is 11.5 Å². The van der Waals surface area contributed by atoms with Gasteiger partial charge in [-0.1, -0.05) is 81.5 Å². The number of allylic oxidation sites excluding steroid dienone is 5. The van der Waals surface area contributed by atoms with Crippen molar-refractivity contribution in [2.24, 2.45) is 5.92 Å². The number of rotatable bonds is 5. The number of hydrogen-bond acceptors (Lipinski definition) is 2. The number of anilines is 2. The minimum absolute atomic E-state index is 0.0976. The molecule has 4 aromatic rings. The molecule has 0 saturated carbocycles. The molecule has 0 aromatic heterocycles. The van der Waals surface area contributed by atoms with E-state index in [9.17, 15) is 0 Å². The van der Waals surface area contributed by atoms with Gasteiger partial charge in [-0.05, 0) is 115 Å². The zero-order chi connectivity index (χ0) is 27.1. The predicted octanol–water partition coefficient (Wildman–Crippen LogP) is 11.0. The third-order valence-corrected chi connectivity index (χ3v) is 9.66. The molecule has 194 valence electrons. The number of fused-ring (bicyclic) bond motifs is 2. The van der Waals surface area contributed by atoms with Crippen LogP contribution >= 0.6 is 31.9 Å². The lowest BCUT2D eigenvalue weighted by Crippen LogP contribution is -2.22. The number of benzene rings is 4. The van der Waals surface area contributed by atoms with Crippen LogP contribution in [-0.2, 0) is 5.41 Å². The summed E-state index contributed by atoms with van der Waals surface area (Å²) >= 11 is 7.23. The maximum atomic E-state index is 6.35. The van der Waals surface area contributed by atoms with Gasteiger partial charge < -0.3 is 9.64 Å². The molecule has 6 rings (SSSR count). The van der Waals surface area contributed by atoms with Gasteiger partial charge in [0.15, 0.2) is 0 Å². The first-order valence-electron chi connectivity index (χ1n) is 13.2. The van der Waals surface area contributed by atoms with Crippen LogP contribution in [0.1, 0.15) is 31.9 Å². The normalized spacial score (nSPS) is 17.3. The summed E-state index contributed by atoms with van der Waals surface area (Å²) in [5.41, 5.74) is 8.65. The number of halogens is 2. The molecule has 2 aliphatic rings. The Morgan fingerprint density at radius 3 is 2.10 bits per heavy atom. The van der Waals surface area contributed by atoms with Crippen molar-refractivity contribution in [1.29, 1.82) is 0 Å². The number of hydrogen-bond donors (Lipinski definition) is 0. The second-order valence-corrected chi connectivity index (χ2v) is 12.2.